The summed E-state index contributed by atoms with van der Waals surface area (Å²) in [4.78, 5) is 31.3. The predicted octanol–water partition coefficient (Wildman–Crippen LogP) is 2.13. The number of benzene rings is 1. The van der Waals surface area contributed by atoms with Gasteiger partial charge in [-0.2, -0.15) is 0 Å². The molecule has 0 radical (unpaired) electrons. The monoisotopic (exact) mass is 438 g/mol. The minimum absolute atomic E-state index is 0.0223. The second-order valence-corrected chi connectivity index (χ2v) is 8.70. The van der Waals surface area contributed by atoms with E-state index >= 15 is 0 Å². The molecule has 0 spiro atoms. The summed E-state index contributed by atoms with van der Waals surface area (Å²) in [5.74, 6) is 0.204. The van der Waals surface area contributed by atoms with Gasteiger partial charge in [0.1, 0.15) is 0 Å². The van der Waals surface area contributed by atoms with Crippen LogP contribution < -0.4 is 11.1 Å². The van der Waals surface area contributed by atoms with Crippen molar-refractivity contribution in [3.05, 3.63) is 54.2 Å². The molecule has 2 amide bonds. The number of aliphatic hydroxyl groups excluding tert-OH is 1. The quantitative estimate of drug-likeness (QED) is 0.585. The van der Waals surface area contributed by atoms with Crippen molar-refractivity contribution in [3.8, 4) is 11.3 Å². The number of pyridine rings is 1. The van der Waals surface area contributed by atoms with Gasteiger partial charge in [0.2, 0.25) is 11.8 Å². The Bertz CT molecular complexity index is 890. The lowest BCUT2D eigenvalue weighted by Crippen LogP contribution is -2.47. The molecule has 3 rings (SSSR count). The number of hydrogen-bond donors (Lipinski definition) is 3. The van der Waals surface area contributed by atoms with Crippen LogP contribution in [-0.4, -0.2) is 58.6 Å². The molecule has 0 saturated carbocycles. The molecule has 2 unspecified atom stereocenters. The Morgan fingerprint density at radius 2 is 2.12 bits per heavy atom. The molecule has 1 fully saturated rings. The average Bonchev–Trinajstić information content (AvgIpc) is 2.99. The van der Waals surface area contributed by atoms with Gasteiger partial charge in [0.05, 0.1) is 24.3 Å². The molecule has 1 aliphatic rings. The molecule has 7 nitrogen and oxygen atoms in total. The van der Waals surface area contributed by atoms with Crippen LogP contribution in [0.1, 0.15) is 38.2 Å². The van der Waals surface area contributed by atoms with Gasteiger partial charge in [-0.15, -0.1) is 0 Å². The molecule has 1 saturated heterocycles. The van der Waals surface area contributed by atoms with Gasteiger partial charge in [-0.25, -0.2) is 0 Å². The Morgan fingerprint density at radius 1 is 1.28 bits per heavy atom. The topological polar surface area (TPSA) is 109 Å². The maximum absolute atomic E-state index is 13.0. The van der Waals surface area contributed by atoms with Gasteiger partial charge in [-0.3, -0.25) is 14.6 Å². The molecule has 2 heterocycles. The van der Waals surface area contributed by atoms with Crippen LogP contribution in [-0.2, 0) is 16.0 Å². The third-order valence-electron chi connectivity index (χ3n) is 6.02. The zero-order valence-electron chi connectivity index (χ0n) is 18.7. The molecule has 7 heteroatoms. The van der Waals surface area contributed by atoms with Gasteiger partial charge < -0.3 is 21.1 Å². The summed E-state index contributed by atoms with van der Waals surface area (Å²) in [6.45, 7) is 3.37. The maximum atomic E-state index is 13.0. The standard InChI is InChI=1S/C25H34N4O3/c1-18(16-26)10-11-24(31)28-22-9-5-13-29(17-23(22)30)25(32)15-19-6-4-7-20(14-19)21-8-2-3-12-27-21/h2-4,6-8,12,14,18,22-23,30H,5,9-11,13,15-17,26H2,1H3,(H,28,31)/t18-,22?,23?/m0/s1. The number of likely N-dealkylation sites (tertiary alicyclic amines) is 1. The lowest BCUT2D eigenvalue weighted by Gasteiger charge is -2.25. The third-order valence-corrected chi connectivity index (χ3v) is 6.02. The van der Waals surface area contributed by atoms with Crippen LogP contribution in [0.3, 0.4) is 0 Å². The van der Waals surface area contributed by atoms with Crippen molar-refractivity contribution in [3.63, 3.8) is 0 Å². The fourth-order valence-electron chi connectivity index (χ4n) is 3.97. The summed E-state index contributed by atoms with van der Waals surface area (Å²) in [6, 6.07) is 13.3. The largest absolute Gasteiger partial charge is 0.389 e. The third kappa shape index (κ3) is 6.87. The van der Waals surface area contributed by atoms with E-state index in [1.165, 1.54) is 0 Å². The van der Waals surface area contributed by atoms with Crippen molar-refractivity contribution < 1.29 is 14.7 Å². The zero-order valence-corrected chi connectivity index (χ0v) is 18.7. The van der Waals surface area contributed by atoms with E-state index in [0.717, 1.165) is 29.7 Å². The van der Waals surface area contributed by atoms with Gasteiger partial charge in [0.25, 0.3) is 0 Å². The van der Waals surface area contributed by atoms with E-state index in [2.05, 4.69) is 10.3 Å². The van der Waals surface area contributed by atoms with E-state index in [-0.39, 0.29) is 30.8 Å². The highest BCUT2D eigenvalue weighted by Gasteiger charge is 2.29. The van der Waals surface area contributed by atoms with Crippen LogP contribution >= 0.6 is 0 Å². The number of nitrogens with zero attached hydrogens (tertiary/aromatic N) is 2. The first-order chi connectivity index (χ1) is 15.5. The van der Waals surface area contributed by atoms with Crippen molar-refractivity contribution in [2.45, 2.75) is 51.2 Å². The van der Waals surface area contributed by atoms with Crippen LogP contribution in [0.25, 0.3) is 11.3 Å². The number of carbonyl (C=O) groups is 2. The SMILES string of the molecule is C[C@H](CN)CCC(=O)NC1CCCN(C(=O)Cc2cccc(-c3ccccn3)c2)CC1O. The second kappa shape index (κ2) is 11.7. The highest BCUT2D eigenvalue weighted by Crippen LogP contribution is 2.19. The fourth-order valence-corrected chi connectivity index (χ4v) is 3.97. The smallest absolute Gasteiger partial charge is 0.227 e. The summed E-state index contributed by atoms with van der Waals surface area (Å²) < 4.78 is 0. The van der Waals surface area contributed by atoms with E-state index in [9.17, 15) is 14.7 Å². The normalized spacial score (nSPS) is 19.8. The minimum atomic E-state index is -0.780. The number of rotatable bonds is 8. The van der Waals surface area contributed by atoms with Gasteiger partial charge in [0.15, 0.2) is 0 Å². The minimum Gasteiger partial charge on any atom is -0.389 e. The summed E-state index contributed by atoms with van der Waals surface area (Å²) in [6.07, 6.45) is 3.75. The summed E-state index contributed by atoms with van der Waals surface area (Å²) >= 11 is 0. The van der Waals surface area contributed by atoms with E-state index < -0.39 is 6.10 Å². The Labute approximate surface area is 190 Å². The number of nitrogens with one attached hydrogen (secondary N) is 1. The van der Waals surface area contributed by atoms with Crippen molar-refractivity contribution in [1.29, 1.82) is 0 Å². The van der Waals surface area contributed by atoms with Crippen LogP contribution in [0.15, 0.2) is 48.7 Å². The molecule has 1 aromatic heterocycles. The highest BCUT2D eigenvalue weighted by atomic mass is 16.3. The van der Waals surface area contributed by atoms with E-state index in [4.69, 9.17) is 5.73 Å². The fraction of sp³-hybridized carbons (Fsp3) is 0.480. The summed E-state index contributed by atoms with van der Waals surface area (Å²) in [5.41, 5.74) is 8.36. The Hall–Kier alpha value is -2.77. The van der Waals surface area contributed by atoms with Crippen LogP contribution in [0.5, 0.6) is 0 Å². The molecule has 1 aromatic carbocycles. The molecule has 2 aromatic rings. The first-order valence-electron chi connectivity index (χ1n) is 11.4. The van der Waals surface area contributed by atoms with Gasteiger partial charge in [-0.05, 0) is 55.5 Å². The van der Waals surface area contributed by atoms with Crippen molar-refractivity contribution >= 4 is 11.8 Å². The highest BCUT2D eigenvalue weighted by molar-refractivity contribution is 5.79. The van der Waals surface area contributed by atoms with Gasteiger partial charge in [0, 0.05) is 31.3 Å². The van der Waals surface area contributed by atoms with Crippen LogP contribution in [0.4, 0.5) is 0 Å². The second-order valence-electron chi connectivity index (χ2n) is 8.70. The lowest BCUT2D eigenvalue weighted by atomic mass is 10.0. The number of aliphatic hydroxyl groups is 1. The number of amides is 2. The first-order valence-corrected chi connectivity index (χ1v) is 11.4. The molecule has 4 N–H and O–H groups in total. The molecular weight excluding hydrogens is 404 g/mol. The van der Waals surface area contributed by atoms with Crippen molar-refractivity contribution in [2.24, 2.45) is 11.7 Å². The van der Waals surface area contributed by atoms with Crippen molar-refractivity contribution in [2.75, 3.05) is 19.6 Å². The molecule has 0 aliphatic carbocycles. The maximum Gasteiger partial charge on any atom is 0.227 e. The number of carbonyl (C=O) groups excluding carboxylic acids is 2. The van der Waals surface area contributed by atoms with Gasteiger partial charge >= 0.3 is 0 Å². The number of aromatic nitrogens is 1. The Morgan fingerprint density at radius 3 is 2.88 bits per heavy atom. The van der Waals surface area contributed by atoms with E-state index in [1.807, 2.05) is 49.4 Å². The number of β-amino-alcohol motifs (C(OH)–C–C–N with tert-alkyl or cyclic N) is 1. The van der Waals surface area contributed by atoms with Gasteiger partial charge in [-0.1, -0.05) is 31.2 Å². The molecule has 3 atom stereocenters. The van der Waals surface area contributed by atoms with Crippen LogP contribution in [0.2, 0.25) is 0 Å². The zero-order chi connectivity index (χ0) is 22.9. The predicted molar refractivity (Wildman–Crippen MR) is 125 cm³/mol. The molecule has 32 heavy (non-hydrogen) atoms. The Balaban J connectivity index is 1.55. The lowest BCUT2D eigenvalue weighted by molar-refractivity contribution is -0.131. The number of nitrogens with two attached hydrogens (primary N) is 1. The first kappa shape index (κ1) is 23.9. The molecular formula is C25H34N4O3. The van der Waals surface area contributed by atoms with E-state index in [1.54, 1.807) is 11.1 Å². The molecule has 1 aliphatic heterocycles. The average molecular weight is 439 g/mol. The summed E-state index contributed by atoms with van der Waals surface area (Å²) in [7, 11) is 0. The number of hydrogen-bond acceptors (Lipinski definition) is 5. The van der Waals surface area contributed by atoms with E-state index in [0.29, 0.717) is 31.8 Å². The molecule has 172 valence electrons. The van der Waals surface area contributed by atoms with Crippen molar-refractivity contribution in [1.82, 2.24) is 15.2 Å². The Kier molecular flexibility index (Phi) is 8.76. The van der Waals surface area contributed by atoms with Crippen LogP contribution in [0, 0.1) is 5.92 Å². The molecule has 0 bridgehead atoms. The summed E-state index contributed by atoms with van der Waals surface area (Å²) in [5, 5.41) is 13.6.